The van der Waals surface area contributed by atoms with E-state index in [0.717, 1.165) is 33.5 Å². The van der Waals surface area contributed by atoms with Crippen molar-refractivity contribution < 1.29 is 18.7 Å². The second-order valence-corrected chi connectivity index (χ2v) is 9.63. The Bertz CT molecular complexity index is 1740. The van der Waals surface area contributed by atoms with Gasteiger partial charge in [0.25, 0.3) is 5.91 Å². The van der Waals surface area contributed by atoms with Gasteiger partial charge in [-0.25, -0.2) is 4.39 Å². The number of carbonyl (C=O) groups is 2. The summed E-state index contributed by atoms with van der Waals surface area (Å²) >= 11 is 0. The molecule has 0 atom stereocenters. The molecular formula is C33H28FN3O3. The maximum Gasteiger partial charge on any atom is 0.309 e. The zero-order chi connectivity index (χ0) is 28.4. The lowest BCUT2D eigenvalue weighted by Gasteiger charge is -2.13. The van der Waals surface area contributed by atoms with E-state index in [1.165, 1.54) is 25.1 Å². The number of rotatable bonds is 6. The number of benzene rings is 4. The van der Waals surface area contributed by atoms with Gasteiger partial charge in [-0.15, -0.1) is 0 Å². The number of amides is 1. The maximum absolute atomic E-state index is 14.1. The fourth-order valence-corrected chi connectivity index (χ4v) is 4.58. The molecule has 0 saturated heterocycles. The average molecular weight is 534 g/mol. The number of aryl methyl sites for hydroxylation is 2. The van der Waals surface area contributed by atoms with Gasteiger partial charge in [-0.2, -0.15) is 9.78 Å². The van der Waals surface area contributed by atoms with E-state index in [9.17, 15) is 14.0 Å². The van der Waals surface area contributed by atoms with Crippen LogP contribution in [0, 0.1) is 26.6 Å². The number of hydrogen-bond donors (Lipinski definition) is 1. The molecule has 5 aromatic rings. The van der Waals surface area contributed by atoms with E-state index in [-0.39, 0.29) is 5.56 Å². The third-order valence-corrected chi connectivity index (χ3v) is 6.73. The highest BCUT2D eigenvalue weighted by molar-refractivity contribution is 6.04. The molecule has 7 heteroatoms. The van der Waals surface area contributed by atoms with Gasteiger partial charge in [0.1, 0.15) is 11.5 Å². The summed E-state index contributed by atoms with van der Waals surface area (Å²) in [5.41, 5.74) is 7.26. The number of nitrogens with zero attached hydrogens (tertiary/aromatic N) is 2. The molecule has 1 amide bonds. The first-order chi connectivity index (χ1) is 19.2. The summed E-state index contributed by atoms with van der Waals surface area (Å²) in [5, 5.41) is 7.71. The Hall–Kier alpha value is -5.04. The Balaban J connectivity index is 1.65. The Kier molecular flexibility index (Phi) is 7.29. The number of nitrogens with one attached hydrogen (secondary N) is 1. The maximum atomic E-state index is 14.1. The average Bonchev–Trinajstić information content (AvgIpc) is 3.29. The molecule has 0 unspecified atom stereocenters. The fraction of sp³-hybridized carbons (Fsp3) is 0.121. The highest BCUT2D eigenvalue weighted by atomic mass is 19.1. The van der Waals surface area contributed by atoms with Crippen molar-refractivity contribution in [3.05, 3.63) is 119 Å². The van der Waals surface area contributed by atoms with Crippen molar-refractivity contribution in [2.24, 2.45) is 0 Å². The van der Waals surface area contributed by atoms with Crippen molar-refractivity contribution in [1.82, 2.24) is 9.78 Å². The highest BCUT2D eigenvalue weighted by Gasteiger charge is 2.25. The lowest BCUT2D eigenvalue weighted by Crippen LogP contribution is -2.13. The second kappa shape index (κ2) is 11.0. The van der Waals surface area contributed by atoms with Crippen LogP contribution in [0.25, 0.3) is 28.1 Å². The molecule has 5 rings (SSSR count). The number of anilines is 1. The number of aromatic nitrogens is 2. The Morgan fingerprint density at radius 1 is 0.850 bits per heavy atom. The Morgan fingerprint density at radius 2 is 1.57 bits per heavy atom. The standard InChI is InChI=1S/C33H28FN3O3/c1-20-9-7-11-25(19-20)31-30(33(40-23(4)38)37(36-31)29-14-8-10-21(2)22(29)3)24-15-17-26(18-16-24)35-32(39)27-12-5-6-13-28(27)34/h5-19H,1-4H3,(H,35,39). The summed E-state index contributed by atoms with van der Waals surface area (Å²) < 4.78 is 21.6. The molecule has 0 aliphatic rings. The van der Waals surface area contributed by atoms with Gasteiger partial charge in [-0.3, -0.25) is 9.59 Å². The predicted octanol–water partition coefficient (Wildman–Crippen LogP) is 7.45. The van der Waals surface area contributed by atoms with Crippen LogP contribution in [0.2, 0.25) is 0 Å². The second-order valence-electron chi connectivity index (χ2n) is 9.63. The minimum atomic E-state index is -0.593. The van der Waals surface area contributed by atoms with E-state index in [0.29, 0.717) is 22.8 Å². The number of esters is 1. The van der Waals surface area contributed by atoms with E-state index < -0.39 is 17.7 Å². The largest absolute Gasteiger partial charge is 0.407 e. The quantitative estimate of drug-likeness (QED) is 0.230. The molecule has 40 heavy (non-hydrogen) atoms. The van der Waals surface area contributed by atoms with E-state index in [2.05, 4.69) is 5.32 Å². The normalized spacial score (nSPS) is 10.8. The minimum absolute atomic E-state index is 0.0414. The molecule has 1 aromatic heterocycles. The molecule has 0 fully saturated rings. The van der Waals surface area contributed by atoms with Gasteiger partial charge in [0.05, 0.1) is 16.8 Å². The number of hydrogen-bond acceptors (Lipinski definition) is 4. The van der Waals surface area contributed by atoms with Gasteiger partial charge in [0.2, 0.25) is 5.88 Å². The van der Waals surface area contributed by atoms with Gasteiger partial charge < -0.3 is 10.1 Å². The van der Waals surface area contributed by atoms with Crippen LogP contribution in [-0.4, -0.2) is 21.7 Å². The third-order valence-electron chi connectivity index (χ3n) is 6.73. The molecule has 0 spiro atoms. The SMILES string of the molecule is CC(=O)Oc1c(-c2ccc(NC(=O)c3ccccc3F)cc2)c(-c2cccc(C)c2)nn1-c1cccc(C)c1C. The van der Waals surface area contributed by atoms with E-state index >= 15 is 0 Å². The third kappa shape index (κ3) is 5.27. The molecule has 0 aliphatic carbocycles. The molecule has 0 saturated carbocycles. The predicted molar refractivity (Wildman–Crippen MR) is 154 cm³/mol. The molecule has 4 aromatic carbocycles. The number of carbonyl (C=O) groups excluding carboxylic acids is 2. The molecule has 1 N–H and O–H groups in total. The van der Waals surface area contributed by atoms with Crippen LogP contribution in [-0.2, 0) is 4.79 Å². The molecule has 6 nitrogen and oxygen atoms in total. The number of ether oxygens (including phenoxy) is 1. The van der Waals surface area contributed by atoms with Gasteiger partial charge in [-0.05, 0) is 73.9 Å². The van der Waals surface area contributed by atoms with Crippen molar-refractivity contribution in [3.8, 4) is 34.0 Å². The van der Waals surface area contributed by atoms with Gasteiger partial charge in [0, 0.05) is 18.2 Å². The van der Waals surface area contributed by atoms with Crippen molar-refractivity contribution in [3.63, 3.8) is 0 Å². The van der Waals surface area contributed by atoms with Crippen molar-refractivity contribution in [2.75, 3.05) is 5.32 Å². The van der Waals surface area contributed by atoms with E-state index in [1.807, 2.05) is 75.4 Å². The first-order valence-electron chi connectivity index (χ1n) is 12.8. The summed E-state index contributed by atoms with van der Waals surface area (Å²) in [5.74, 6) is -1.32. The lowest BCUT2D eigenvalue weighted by molar-refractivity contribution is -0.132. The first-order valence-corrected chi connectivity index (χ1v) is 12.8. The Morgan fingerprint density at radius 3 is 2.27 bits per heavy atom. The summed E-state index contributed by atoms with van der Waals surface area (Å²) in [4.78, 5) is 25.0. The van der Waals surface area contributed by atoms with Gasteiger partial charge in [-0.1, -0.05) is 60.2 Å². The molecule has 0 aliphatic heterocycles. The molecular weight excluding hydrogens is 505 g/mol. The summed E-state index contributed by atoms with van der Waals surface area (Å²) in [6.07, 6.45) is 0. The van der Waals surface area contributed by atoms with Crippen LogP contribution in [0.3, 0.4) is 0 Å². The lowest BCUT2D eigenvalue weighted by atomic mass is 9.99. The highest BCUT2D eigenvalue weighted by Crippen LogP contribution is 2.42. The molecule has 0 radical (unpaired) electrons. The minimum Gasteiger partial charge on any atom is -0.407 e. The zero-order valence-electron chi connectivity index (χ0n) is 22.7. The zero-order valence-corrected chi connectivity index (χ0v) is 22.7. The topological polar surface area (TPSA) is 73.2 Å². The van der Waals surface area contributed by atoms with Crippen LogP contribution in [0.5, 0.6) is 5.88 Å². The first kappa shape index (κ1) is 26.6. The summed E-state index contributed by atoms with van der Waals surface area (Å²) in [6.45, 7) is 7.39. The Labute approximate surface area is 232 Å². The van der Waals surface area contributed by atoms with Crippen LogP contribution in [0.1, 0.15) is 34.0 Å². The van der Waals surface area contributed by atoms with Gasteiger partial charge >= 0.3 is 5.97 Å². The van der Waals surface area contributed by atoms with Crippen LogP contribution in [0.15, 0.2) is 91.0 Å². The molecule has 200 valence electrons. The monoisotopic (exact) mass is 533 g/mol. The molecule has 1 heterocycles. The van der Waals surface area contributed by atoms with Crippen LogP contribution in [0.4, 0.5) is 10.1 Å². The van der Waals surface area contributed by atoms with Gasteiger partial charge in [0.15, 0.2) is 0 Å². The smallest absolute Gasteiger partial charge is 0.309 e. The fourth-order valence-electron chi connectivity index (χ4n) is 4.58. The van der Waals surface area contributed by atoms with Crippen molar-refractivity contribution >= 4 is 17.6 Å². The van der Waals surface area contributed by atoms with Crippen molar-refractivity contribution in [1.29, 1.82) is 0 Å². The summed E-state index contributed by atoms with van der Waals surface area (Å²) in [6, 6.07) is 26.7. The van der Waals surface area contributed by atoms with Crippen molar-refractivity contribution in [2.45, 2.75) is 27.7 Å². The number of halogens is 1. The van der Waals surface area contributed by atoms with Crippen LogP contribution < -0.4 is 10.1 Å². The van der Waals surface area contributed by atoms with Crippen LogP contribution >= 0.6 is 0 Å². The molecule has 0 bridgehead atoms. The van der Waals surface area contributed by atoms with E-state index in [4.69, 9.17) is 9.84 Å². The van der Waals surface area contributed by atoms with E-state index in [1.54, 1.807) is 22.9 Å². The summed E-state index contributed by atoms with van der Waals surface area (Å²) in [7, 11) is 0.